The maximum Gasteiger partial charge on any atom is 0.254 e. The van der Waals surface area contributed by atoms with Crippen LogP contribution in [0.1, 0.15) is 54.0 Å². The lowest BCUT2D eigenvalue weighted by atomic mass is 10.0. The number of halogens is 1. The number of amides is 1. The van der Waals surface area contributed by atoms with E-state index < -0.39 is 0 Å². The summed E-state index contributed by atoms with van der Waals surface area (Å²) in [6, 6.07) is 5.33. The maximum absolute atomic E-state index is 13.0. The van der Waals surface area contributed by atoms with Crippen LogP contribution in [0.5, 0.6) is 0 Å². The van der Waals surface area contributed by atoms with Crippen LogP contribution < -0.4 is 0 Å². The van der Waals surface area contributed by atoms with Gasteiger partial charge in [0.25, 0.3) is 5.91 Å². The lowest BCUT2D eigenvalue weighted by molar-refractivity contribution is 0.0684. The first-order chi connectivity index (χ1) is 11.5. The van der Waals surface area contributed by atoms with Crippen LogP contribution in [0.4, 0.5) is 0 Å². The Bertz CT molecular complexity index is 717. The average molecular weight is 349 g/mol. The van der Waals surface area contributed by atoms with E-state index in [1.165, 1.54) is 6.33 Å². The second-order valence-corrected chi connectivity index (χ2v) is 6.74. The molecule has 0 bridgehead atoms. The van der Waals surface area contributed by atoms with Gasteiger partial charge in [0.15, 0.2) is 0 Å². The number of hydrogen-bond donors (Lipinski definition) is 1. The van der Waals surface area contributed by atoms with E-state index in [1.54, 1.807) is 18.1 Å². The molecule has 1 amide bonds. The van der Waals surface area contributed by atoms with Crippen LogP contribution in [0.3, 0.4) is 0 Å². The Morgan fingerprint density at radius 2 is 2.25 bits per heavy atom. The number of benzene rings is 1. The Morgan fingerprint density at radius 1 is 1.46 bits per heavy atom. The van der Waals surface area contributed by atoms with Gasteiger partial charge in [-0.3, -0.25) is 9.89 Å². The molecule has 0 saturated carbocycles. The number of likely N-dealkylation sites (tertiary alicyclic amines) is 1. The van der Waals surface area contributed by atoms with Gasteiger partial charge in [-0.1, -0.05) is 31.5 Å². The number of methoxy groups -OCH3 is 1. The SMILES string of the molecule is CO[C@@H]1C[C@@H](c2ncn[nH]2)N(C(=O)c2ccc(C(C)C)c(Cl)c2)C1. The molecule has 128 valence electrons. The molecule has 0 spiro atoms. The maximum atomic E-state index is 13.0. The predicted octanol–water partition coefficient (Wildman–Crippen LogP) is 3.18. The van der Waals surface area contributed by atoms with Crippen molar-refractivity contribution >= 4 is 17.5 Å². The summed E-state index contributed by atoms with van der Waals surface area (Å²) in [7, 11) is 1.66. The summed E-state index contributed by atoms with van der Waals surface area (Å²) < 4.78 is 5.45. The Balaban J connectivity index is 1.88. The molecule has 1 fully saturated rings. The number of ether oxygens (including phenoxy) is 1. The second kappa shape index (κ2) is 6.91. The number of rotatable bonds is 4. The highest BCUT2D eigenvalue weighted by atomic mass is 35.5. The summed E-state index contributed by atoms with van der Waals surface area (Å²) in [4.78, 5) is 19.0. The van der Waals surface area contributed by atoms with E-state index in [9.17, 15) is 4.79 Å². The van der Waals surface area contributed by atoms with Crippen molar-refractivity contribution in [3.63, 3.8) is 0 Å². The summed E-state index contributed by atoms with van der Waals surface area (Å²) in [5.74, 6) is 0.911. The predicted molar refractivity (Wildman–Crippen MR) is 91.1 cm³/mol. The zero-order chi connectivity index (χ0) is 17.3. The smallest absolute Gasteiger partial charge is 0.254 e. The molecule has 2 atom stereocenters. The first-order valence-corrected chi connectivity index (χ1v) is 8.37. The van der Waals surface area contributed by atoms with Gasteiger partial charge in [-0.2, -0.15) is 5.10 Å². The van der Waals surface area contributed by atoms with Gasteiger partial charge in [-0.15, -0.1) is 0 Å². The number of hydrogen-bond acceptors (Lipinski definition) is 4. The number of aromatic amines is 1. The third-order valence-corrected chi connectivity index (χ3v) is 4.80. The molecule has 24 heavy (non-hydrogen) atoms. The molecule has 6 nitrogen and oxygen atoms in total. The largest absolute Gasteiger partial charge is 0.380 e. The van der Waals surface area contributed by atoms with E-state index in [1.807, 2.05) is 12.1 Å². The molecule has 7 heteroatoms. The molecule has 0 radical (unpaired) electrons. The number of carbonyl (C=O) groups is 1. The average Bonchev–Trinajstić information content (AvgIpc) is 3.22. The lowest BCUT2D eigenvalue weighted by Crippen LogP contribution is -2.32. The van der Waals surface area contributed by atoms with Crippen LogP contribution in [0.2, 0.25) is 5.02 Å². The van der Waals surface area contributed by atoms with Gasteiger partial charge in [0, 0.05) is 30.7 Å². The van der Waals surface area contributed by atoms with Crippen molar-refractivity contribution in [2.24, 2.45) is 0 Å². The molecular formula is C17H21ClN4O2. The first kappa shape index (κ1) is 16.9. The number of H-pyrrole nitrogens is 1. The van der Waals surface area contributed by atoms with E-state index in [0.717, 1.165) is 5.56 Å². The van der Waals surface area contributed by atoms with E-state index >= 15 is 0 Å². The summed E-state index contributed by atoms with van der Waals surface area (Å²) >= 11 is 6.34. The van der Waals surface area contributed by atoms with Crippen LogP contribution in [0.15, 0.2) is 24.5 Å². The fraction of sp³-hybridized carbons (Fsp3) is 0.471. The van der Waals surface area contributed by atoms with Gasteiger partial charge < -0.3 is 9.64 Å². The normalized spacial score (nSPS) is 20.8. The molecule has 3 rings (SSSR count). The fourth-order valence-corrected chi connectivity index (χ4v) is 3.52. The van der Waals surface area contributed by atoms with E-state index in [0.29, 0.717) is 35.3 Å². The molecule has 0 unspecified atom stereocenters. The van der Waals surface area contributed by atoms with Gasteiger partial charge in [-0.25, -0.2) is 4.98 Å². The minimum absolute atomic E-state index is 0.0190. The van der Waals surface area contributed by atoms with E-state index in [2.05, 4.69) is 29.0 Å². The number of nitrogens with zero attached hydrogens (tertiary/aromatic N) is 3. The van der Waals surface area contributed by atoms with Gasteiger partial charge >= 0.3 is 0 Å². The van der Waals surface area contributed by atoms with Crippen molar-refractivity contribution in [3.05, 3.63) is 46.5 Å². The fourth-order valence-electron chi connectivity index (χ4n) is 3.12. The molecule has 2 aromatic rings. The van der Waals surface area contributed by atoms with Gasteiger partial charge in [0.05, 0.1) is 12.1 Å². The molecule has 1 aliphatic heterocycles. The molecule has 1 saturated heterocycles. The molecule has 2 heterocycles. The molecule has 1 aromatic heterocycles. The monoisotopic (exact) mass is 348 g/mol. The Morgan fingerprint density at radius 3 is 2.83 bits per heavy atom. The lowest BCUT2D eigenvalue weighted by Gasteiger charge is -2.23. The zero-order valence-corrected chi connectivity index (χ0v) is 14.7. The van der Waals surface area contributed by atoms with Crippen molar-refractivity contribution in [1.29, 1.82) is 0 Å². The molecule has 1 aliphatic rings. The third kappa shape index (κ3) is 3.16. The molecular weight excluding hydrogens is 328 g/mol. The van der Waals surface area contributed by atoms with Gasteiger partial charge in [0.1, 0.15) is 12.2 Å². The van der Waals surface area contributed by atoms with Crippen molar-refractivity contribution in [2.75, 3.05) is 13.7 Å². The van der Waals surface area contributed by atoms with Crippen molar-refractivity contribution in [2.45, 2.75) is 38.3 Å². The quantitative estimate of drug-likeness (QED) is 0.921. The first-order valence-electron chi connectivity index (χ1n) is 7.99. The third-order valence-electron chi connectivity index (χ3n) is 4.48. The van der Waals surface area contributed by atoms with Gasteiger partial charge in [-0.05, 0) is 23.6 Å². The highest BCUT2D eigenvalue weighted by Crippen LogP contribution is 2.33. The second-order valence-electron chi connectivity index (χ2n) is 6.33. The van der Waals surface area contributed by atoms with E-state index in [4.69, 9.17) is 16.3 Å². The molecule has 1 N–H and O–H groups in total. The van der Waals surface area contributed by atoms with Crippen LogP contribution in [-0.4, -0.2) is 45.7 Å². The zero-order valence-electron chi connectivity index (χ0n) is 14.0. The summed E-state index contributed by atoms with van der Waals surface area (Å²) in [5.41, 5.74) is 1.61. The summed E-state index contributed by atoms with van der Waals surface area (Å²) in [5, 5.41) is 7.37. The molecule has 1 aromatic carbocycles. The Hall–Kier alpha value is -1.92. The Kier molecular flexibility index (Phi) is 4.87. The van der Waals surface area contributed by atoms with Crippen LogP contribution >= 0.6 is 11.6 Å². The topological polar surface area (TPSA) is 71.1 Å². The van der Waals surface area contributed by atoms with Crippen molar-refractivity contribution < 1.29 is 9.53 Å². The summed E-state index contributed by atoms with van der Waals surface area (Å²) in [6.45, 7) is 4.67. The van der Waals surface area contributed by atoms with Crippen LogP contribution in [-0.2, 0) is 4.74 Å². The van der Waals surface area contributed by atoms with Gasteiger partial charge in [0.2, 0.25) is 0 Å². The Labute approximate surface area is 146 Å². The highest BCUT2D eigenvalue weighted by molar-refractivity contribution is 6.31. The van der Waals surface area contributed by atoms with E-state index in [-0.39, 0.29) is 18.1 Å². The van der Waals surface area contributed by atoms with Crippen LogP contribution in [0, 0.1) is 0 Å². The number of nitrogens with one attached hydrogen (secondary N) is 1. The van der Waals surface area contributed by atoms with Crippen LogP contribution in [0.25, 0.3) is 0 Å². The minimum Gasteiger partial charge on any atom is -0.380 e. The minimum atomic E-state index is -0.173. The van der Waals surface area contributed by atoms with Crippen molar-refractivity contribution in [3.8, 4) is 0 Å². The van der Waals surface area contributed by atoms with Crippen molar-refractivity contribution in [1.82, 2.24) is 20.1 Å². The standard InChI is InChI=1S/C17H21ClN4O2/c1-10(2)13-5-4-11(6-14(13)18)17(23)22-8-12(24-3)7-15(22)16-19-9-20-21-16/h4-6,9-10,12,15H,7-8H2,1-3H3,(H,19,20,21)/t12-,15+/m1/s1. The molecule has 0 aliphatic carbocycles. The highest BCUT2D eigenvalue weighted by Gasteiger charge is 2.38. The number of carbonyl (C=O) groups excluding carboxylic acids is 1. The summed E-state index contributed by atoms with van der Waals surface area (Å²) in [6.07, 6.45) is 2.12. The number of aromatic nitrogens is 3.